The number of nitrogens with one attached hydrogen (secondary N) is 1. The van der Waals surface area contributed by atoms with E-state index in [4.69, 9.17) is 0 Å². The number of benzene rings is 1. The molecular weight excluding hydrogens is 313 g/mol. The Morgan fingerprint density at radius 3 is 2.39 bits per heavy atom. The monoisotopic (exact) mass is 318 g/mol. The zero-order valence-corrected chi connectivity index (χ0v) is 10.3. The van der Waals surface area contributed by atoms with E-state index < -0.39 is 17.7 Å². The normalized spacial score (nSPS) is 11.6. The second-order valence-electron chi connectivity index (χ2n) is 3.48. The third-order valence-electron chi connectivity index (χ3n) is 2.20. The van der Waals surface area contributed by atoms with Crippen molar-refractivity contribution in [1.29, 1.82) is 0 Å². The summed E-state index contributed by atoms with van der Waals surface area (Å²) in [5.74, 6) is -1.71. The third kappa shape index (κ3) is 2.61. The van der Waals surface area contributed by atoms with Gasteiger partial charge in [0.15, 0.2) is 0 Å². The van der Waals surface area contributed by atoms with Gasteiger partial charge in [0.05, 0.1) is 6.20 Å². The van der Waals surface area contributed by atoms with Crippen molar-refractivity contribution in [2.24, 2.45) is 0 Å². The van der Waals surface area contributed by atoms with Crippen LogP contribution >= 0.6 is 15.9 Å². The lowest BCUT2D eigenvalue weighted by Crippen LogP contribution is -2.22. The Balaban J connectivity index is 2.31. The maximum atomic E-state index is 12.2. The van der Waals surface area contributed by atoms with Gasteiger partial charge in [-0.3, -0.25) is 4.79 Å². The average Bonchev–Trinajstić information content (AvgIpc) is 2.77. The largest absolute Gasteiger partial charge is 0.456 e. The van der Waals surface area contributed by atoms with Crippen LogP contribution in [0, 0.1) is 0 Å². The molecule has 0 radical (unpaired) electrons. The average molecular weight is 319 g/mol. The molecule has 0 fully saturated rings. The van der Waals surface area contributed by atoms with Crippen LogP contribution in [0.3, 0.4) is 0 Å². The Morgan fingerprint density at radius 1 is 1.22 bits per heavy atom. The summed E-state index contributed by atoms with van der Waals surface area (Å²) in [4.78, 5) is 17.1. The number of hydrogen-bond acceptors (Lipinski definition) is 2. The molecule has 0 amide bonds. The molecule has 0 spiro atoms. The number of carbonyl (C=O) groups is 1. The number of aromatic amines is 1. The SMILES string of the molecule is O=C(c1cnc(-c2ccc(Br)cc2)[nH]1)C(F)(F)F. The molecule has 0 saturated carbocycles. The first-order chi connectivity index (χ1) is 8.38. The molecule has 1 N–H and O–H groups in total. The molecule has 0 saturated heterocycles. The number of hydrogen-bond donors (Lipinski definition) is 1. The van der Waals surface area contributed by atoms with E-state index in [-0.39, 0.29) is 5.82 Å². The molecular formula is C11H6BrF3N2O. The van der Waals surface area contributed by atoms with E-state index in [0.29, 0.717) is 5.56 Å². The van der Waals surface area contributed by atoms with Gasteiger partial charge in [0.1, 0.15) is 11.5 Å². The van der Waals surface area contributed by atoms with Crippen molar-refractivity contribution in [2.45, 2.75) is 6.18 Å². The fraction of sp³-hybridized carbons (Fsp3) is 0.0909. The van der Waals surface area contributed by atoms with Gasteiger partial charge in [-0.05, 0) is 12.1 Å². The van der Waals surface area contributed by atoms with E-state index in [1.165, 1.54) is 0 Å². The number of alkyl halides is 3. The zero-order valence-electron chi connectivity index (χ0n) is 8.75. The highest BCUT2D eigenvalue weighted by molar-refractivity contribution is 9.10. The number of carbonyl (C=O) groups excluding carboxylic acids is 1. The second kappa shape index (κ2) is 4.56. The number of ketones is 1. The maximum absolute atomic E-state index is 12.2. The van der Waals surface area contributed by atoms with Crippen molar-refractivity contribution < 1.29 is 18.0 Å². The van der Waals surface area contributed by atoms with E-state index >= 15 is 0 Å². The Hall–Kier alpha value is -1.63. The van der Waals surface area contributed by atoms with Crippen molar-refractivity contribution in [3.63, 3.8) is 0 Å². The Labute approximate surface area is 108 Å². The highest BCUT2D eigenvalue weighted by Crippen LogP contribution is 2.23. The minimum atomic E-state index is -4.90. The van der Waals surface area contributed by atoms with E-state index in [2.05, 4.69) is 25.9 Å². The van der Waals surface area contributed by atoms with Crippen molar-refractivity contribution >= 4 is 21.7 Å². The molecule has 1 aromatic carbocycles. The number of halogens is 4. The molecule has 18 heavy (non-hydrogen) atoms. The highest BCUT2D eigenvalue weighted by Gasteiger charge is 2.40. The fourth-order valence-corrected chi connectivity index (χ4v) is 1.61. The minimum absolute atomic E-state index is 0.218. The van der Waals surface area contributed by atoms with Crippen LogP contribution in [-0.4, -0.2) is 21.9 Å². The van der Waals surface area contributed by atoms with Crippen LogP contribution in [0.15, 0.2) is 34.9 Å². The third-order valence-corrected chi connectivity index (χ3v) is 2.72. The fourth-order valence-electron chi connectivity index (χ4n) is 1.34. The predicted molar refractivity (Wildman–Crippen MR) is 62.1 cm³/mol. The summed E-state index contributed by atoms with van der Waals surface area (Å²) >= 11 is 3.24. The number of Topliss-reactive ketones (excluding diaryl/α,β-unsaturated/α-hetero) is 1. The minimum Gasteiger partial charge on any atom is -0.335 e. The van der Waals surface area contributed by atoms with Crippen LogP contribution in [0.1, 0.15) is 10.5 Å². The first-order valence-corrected chi connectivity index (χ1v) is 5.59. The summed E-state index contributed by atoms with van der Waals surface area (Å²) in [6.07, 6.45) is -4.02. The van der Waals surface area contributed by atoms with Gasteiger partial charge >= 0.3 is 6.18 Å². The molecule has 0 aliphatic rings. The van der Waals surface area contributed by atoms with Gasteiger partial charge in [-0.1, -0.05) is 28.1 Å². The Kier molecular flexibility index (Phi) is 3.25. The molecule has 0 atom stereocenters. The van der Waals surface area contributed by atoms with Crippen LogP contribution in [0.5, 0.6) is 0 Å². The standard InChI is InChI=1S/C11H6BrF3N2O/c12-7-3-1-6(2-4-7)10-16-5-8(17-10)9(18)11(13,14)15/h1-5H,(H,16,17). The molecule has 0 bridgehead atoms. The lowest BCUT2D eigenvalue weighted by atomic mass is 10.2. The van der Waals surface area contributed by atoms with E-state index in [0.717, 1.165) is 10.7 Å². The molecule has 94 valence electrons. The second-order valence-corrected chi connectivity index (χ2v) is 4.39. The van der Waals surface area contributed by atoms with Crippen LogP contribution in [0.2, 0.25) is 0 Å². The zero-order chi connectivity index (χ0) is 13.3. The lowest BCUT2D eigenvalue weighted by molar-refractivity contribution is -0.0888. The smallest absolute Gasteiger partial charge is 0.335 e. The molecule has 0 aliphatic heterocycles. The summed E-state index contributed by atoms with van der Waals surface area (Å²) in [6, 6.07) is 6.79. The summed E-state index contributed by atoms with van der Waals surface area (Å²) in [6.45, 7) is 0. The van der Waals surface area contributed by atoms with Crippen LogP contribution in [-0.2, 0) is 0 Å². The molecule has 1 heterocycles. The number of nitrogens with zero attached hydrogens (tertiary/aromatic N) is 1. The maximum Gasteiger partial charge on any atom is 0.456 e. The van der Waals surface area contributed by atoms with Crippen LogP contribution < -0.4 is 0 Å². The molecule has 7 heteroatoms. The van der Waals surface area contributed by atoms with Gasteiger partial charge in [-0.2, -0.15) is 13.2 Å². The molecule has 2 rings (SSSR count). The van der Waals surface area contributed by atoms with Gasteiger partial charge in [0.2, 0.25) is 0 Å². The molecule has 0 unspecified atom stereocenters. The van der Waals surface area contributed by atoms with Crippen molar-refractivity contribution in [3.05, 3.63) is 40.6 Å². The quantitative estimate of drug-likeness (QED) is 0.860. The summed E-state index contributed by atoms with van der Waals surface area (Å²) in [7, 11) is 0. The van der Waals surface area contributed by atoms with Crippen molar-refractivity contribution in [3.8, 4) is 11.4 Å². The lowest BCUT2D eigenvalue weighted by Gasteiger charge is -2.01. The van der Waals surface area contributed by atoms with Gasteiger partial charge in [-0.25, -0.2) is 4.98 Å². The first kappa shape index (κ1) is 12.8. The number of aromatic nitrogens is 2. The summed E-state index contributed by atoms with van der Waals surface area (Å²) < 4.78 is 37.4. The van der Waals surface area contributed by atoms with E-state index in [1.54, 1.807) is 24.3 Å². The van der Waals surface area contributed by atoms with Crippen LogP contribution in [0.4, 0.5) is 13.2 Å². The molecule has 2 aromatic rings. The summed E-state index contributed by atoms with van der Waals surface area (Å²) in [5.41, 5.74) is 0.0276. The Bertz CT molecular complexity index is 575. The van der Waals surface area contributed by atoms with E-state index in [1.807, 2.05) is 0 Å². The highest BCUT2D eigenvalue weighted by atomic mass is 79.9. The van der Waals surface area contributed by atoms with Crippen molar-refractivity contribution in [2.75, 3.05) is 0 Å². The first-order valence-electron chi connectivity index (χ1n) is 4.80. The van der Waals surface area contributed by atoms with Gasteiger partial charge in [-0.15, -0.1) is 0 Å². The predicted octanol–water partition coefficient (Wildman–Crippen LogP) is 3.58. The number of rotatable bonds is 2. The van der Waals surface area contributed by atoms with Gasteiger partial charge < -0.3 is 4.98 Å². The van der Waals surface area contributed by atoms with Crippen molar-refractivity contribution in [1.82, 2.24) is 9.97 Å². The number of H-pyrrole nitrogens is 1. The topological polar surface area (TPSA) is 45.8 Å². The van der Waals surface area contributed by atoms with Gasteiger partial charge in [0.25, 0.3) is 5.78 Å². The Morgan fingerprint density at radius 2 is 1.83 bits per heavy atom. The van der Waals surface area contributed by atoms with E-state index in [9.17, 15) is 18.0 Å². The number of imidazole rings is 1. The van der Waals surface area contributed by atoms with Crippen LogP contribution in [0.25, 0.3) is 11.4 Å². The molecule has 3 nitrogen and oxygen atoms in total. The molecule has 0 aliphatic carbocycles. The molecule has 1 aromatic heterocycles. The van der Waals surface area contributed by atoms with Gasteiger partial charge in [0, 0.05) is 10.0 Å². The summed E-state index contributed by atoms with van der Waals surface area (Å²) in [5, 5.41) is 0.